The summed E-state index contributed by atoms with van der Waals surface area (Å²) in [5.41, 5.74) is 2.88. The van der Waals surface area contributed by atoms with E-state index in [0.29, 0.717) is 18.5 Å². The first-order valence-electron chi connectivity index (χ1n) is 14.1. The van der Waals surface area contributed by atoms with Crippen LogP contribution in [0.25, 0.3) is 0 Å². The third kappa shape index (κ3) is 7.22. The fourth-order valence-corrected chi connectivity index (χ4v) is 6.05. The number of nitrogens with zero attached hydrogens (tertiary/aromatic N) is 2. The number of benzene rings is 2. The standard InChI is InChI=1S/C32H45N3O2/c1-24(31(37)33-28-17-15-27(16-18-28)32(2,3)4)23-29(36)34-19-21-35(22-20-34)30(25-11-7-5-8-12-25)26-13-9-6-10-14-26/h5-14,24,27-28,30H,15-23H2,1-4H3,(H,33,37). The van der Waals surface area contributed by atoms with Crippen LogP contribution in [0.5, 0.6) is 0 Å². The van der Waals surface area contributed by atoms with Gasteiger partial charge in [-0.15, -0.1) is 0 Å². The van der Waals surface area contributed by atoms with Gasteiger partial charge in [0.25, 0.3) is 0 Å². The van der Waals surface area contributed by atoms with Gasteiger partial charge in [0, 0.05) is 44.6 Å². The molecule has 0 radical (unpaired) electrons. The monoisotopic (exact) mass is 503 g/mol. The second kappa shape index (κ2) is 12.3. The molecule has 2 aromatic carbocycles. The molecule has 2 amide bonds. The fourth-order valence-electron chi connectivity index (χ4n) is 6.05. The Bertz CT molecular complexity index is 962. The van der Waals surface area contributed by atoms with Gasteiger partial charge in [0.1, 0.15) is 0 Å². The van der Waals surface area contributed by atoms with Gasteiger partial charge in [-0.1, -0.05) is 88.4 Å². The lowest BCUT2D eigenvalue weighted by Gasteiger charge is -2.40. The van der Waals surface area contributed by atoms with Gasteiger partial charge in [-0.05, 0) is 48.1 Å². The number of hydrogen-bond acceptors (Lipinski definition) is 3. The van der Waals surface area contributed by atoms with Crippen molar-refractivity contribution in [3.8, 4) is 0 Å². The first-order chi connectivity index (χ1) is 17.7. The van der Waals surface area contributed by atoms with Crippen LogP contribution >= 0.6 is 0 Å². The molecular formula is C32H45N3O2. The van der Waals surface area contributed by atoms with Crippen molar-refractivity contribution >= 4 is 11.8 Å². The molecule has 1 aliphatic carbocycles. The van der Waals surface area contributed by atoms with Crippen LogP contribution in [0.2, 0.25) is 0 Å². The SMILES string of the molecule is CC(CC(=O)N1CCN(C(c2ccccc2)c2ccccc2)CC1)C(=O)NC1CCC(C(C)(C)C)CC1. The van der Waals surface area contributed by atoms with Gasteiger partial charge in [-0.3, -0.25) is 14.5 Å². The van der Waals surface area contributed by atoms with Crippen molar-refractivity contribution in [2.24, 2.45) is 17.3 Å². The molecule has 37 heavy (non-hydrogen) atoms. The van der Waals surface area contributed by atoms with E-state index >= 15 is 0 Å². The van der Waals surface area contributed by atoms with Crippen LogP contribution in [0.15, 0.2) is 60.7 Å². The second-order valence-electron chi connectivity index (χ2n) is 12.2. The molecule has 1 aliphatic heterocycles. The van der Waals surface area contributed by atoms with Gasteiger partial charge in [-0.25, -0.2) is 0 Å². The van der Waals surface area contributed by atoms with Crippen molar-refractivity contribution in [3.05, 3.63) is 71.8 Å². The molecule has 1 N–H and O–H groups in total. The molecule has 5 heteroatoms. The highest BCUT2D eigenvalue weighted by atomic mass is 16.2. The number of piperazine rings is 1. The number of carbonyl (C=O) groups excluding carboxylic acids is 2. The largest absolute Gasteiger partial charge is 0.353 e. The van der Waals surface area contributed by atoms with Gasteiger partial charge in [0.2, 0.25) is 11.8 Å². The van der Waals surface area contributed by atoms with Crippen LogP contribution in [0.3, 0.4) is 0 Å². The van der Waals surface area contributed by atoms with Crippen LogP contribution < -0.4 is 5.32 Å². The molecule has 1 heterocycles. The van der Waals surface area contributed by atoms with E-state index in [1.807, 2.05) is 11.8 Å². The van der Waals surface area contributed by atoms with E-state index in [4.69, 9.17) is 0 Å². The Kier molecular flexibility index (Phi) is 9.07. The summed E-state index contributed by atoms with van der Waals surface area (Å²) in [6.07, 6.45) is 4.70. The zero-order valence-corrected chi connectivity index (χ0v) is 23.2. The molecule has 0 bridgehead atoms. The van der Waals surface area contributed by atoms with E-state index in [1.54, 1.807) is 0 Å². The van der Waals surface area contributed by atoms with E-state index in [1.165, 1.54) is 24.0 Å². The van der Waals surface area contributed by atoms with Crippen LogP contribution in [0, 0.1) is 17.3 Å². The summed E-state index contributed by atoms with van der Waals surface area (Å²) in [7, 11) is 0. The highest BCUT2D eigenvalue weighted by Gasteiger charge is 2.32. The number of carbonyl (C=O) groups is 2. The van der Waals surface area contributed by atoms with E-state index in [0.717, 1.165) is 31.8 Å². The van der Waals surface area contributed by atoms with Crippen LogP contribution in [-0.4, -0.2) is 53.8 Å². The molecule has 4 rings (SSSR count). The lowest BCUT2D eigenvalue weighted by molar-refractivity contribution is -0.137. The summed E-state index contributed by atoms with van der Waals surface area (Å²) >= 11 is 0. The first-order valence-corrected chi connectivity index (χ1v) is 14.1. The fraction of sp³-hybridized carbons (Fsp3) is 0.562. The Morgan fingerprint density at radius 3 is 1.84 bits per heavy atom. The minimum absolute atomic E-state index is 0.0272. The average molecular weight is 504 g/mol. The van der Waals surface area contributed by atoms with Crippen molar-refractivity contribution in [1.29, 1.82) is 0 Å². The van der Waals surface area contributed by atoms with E-state index in [9.17, 15) is 9.59 Å². The Hall–Kier alpha value is -2.66. The summed E-state index contributed by atoms with van der Waals surface area (Å²) in [5, 5.41) is 3.24. The van der Waals surface area contributed by atoms with Gasteiger partial charge < -0.3 is 10.2 Å². The smallest absolute Gasteiger partial charge is 0.223 e. The molecule has 0 spiro atoms. The van der Waals surface area contributed by atoms with Crippen LogP contribution in [-0.2, 0) is 9.59 Å². The number of amides is 2. The Morgan fingerprint density at radius 1 is 0.838 bits per heavy atom. The Morgan fingerprint density at radius 2 is 1.35 bits per heavy atom. The molecule has 2 aromatic rings. The normalized spacial score (nSPS) is 22.0. The van der Waals surface area contributed by atoms with E-state index in [-0.39, 0.29) is 36.2 Å². The third-order valence-corrected chi connectivity index (χ3v) is 8.49. The zero-order valence-electron chi connectivity index (χ0n) is 23.2. The number of hydrogen-bond donors (Lipinski definition) is 1. The Labute approximate surface area is 223 Å². The maximum Gasteiger partial charge on any atom is 0.223 e. The van der Waals surface area contributed by atoms with Crippen molar-refractivity contribution in [1.82, 2.24) is 15.1 Å². The molecule has 1 unspecified atom stereocenters. The van der Waals surface area contributed by atoms with Crippen molar-refractivity contribution in [2.45, 2.75) is 71.9 Å². The molecule has 0 aromatic heterocycles. The predicted octanol–water partition coefficient (Wildman–Crippen LogP) is 5.67. The van der Waals surface area contributed by atoms with Crippen LogP contribution in [0.4, 0.5) is 0 Å². The van der Waals surface area contributed by atoms with Crippen molar-refractivity contribution in [2.75, 3.05) is 26.2 Å². The highest BCUT2D eigenvalue weighted by molar-refractivity contribution is 5.85. The highest BCUT2D eigenvalue weighted by Crippen LogP contribution is 2.37. The molecule has 1 atom stereocenters. The molecule has 1 saturated carbocycles. The number of nitrogens with one attached hydrogen (secondary N) is 1. The van der Waals surface area contributed by atoms with Crippen molar-refractivity contribution < 1.29 is 9.59 Å². The average Bonchev–Trinajstić information content (AvgIpc) is 2.90. The minimum atomic E-state index is -0.299. The van der Waals surface area contributed by atoms with Gasteiger partial charge in [0.15, 0.2) is 0 Å². The molecule has 2 fully saturated rings. The summed E-state index contributed by atoms with van der Waals surface area (Å²) in [4.78, 5) is 30.4. The summed E-state index contributed by atoms with van der Waals surface area (Å²) in [6, 6.07) is 21.6. The van der Waals surface area contributed by atoms with Gasteiger partial charge in [0.05, 0.1) is 6.04 Å². The maximum absolute atomic E-state index is 13.1. The molecule has 200 valence electrons. The van der Waals surface area contributed by atoms with E-state index in [2.05, 4.69) is 91.7 Å². The topological polar surface area (TPSA) is 52.7 Å². The summed E-state index contributed by atoms with van der Waals surface area (Å²) < 4.78 is 0. The summed E-state index contributed by atoms with van der Waals surface area (Å²) in [6.45, 7) is 11.9. The number of rotatable bonds is 7. The lowest BCUT2D eigenvalue weighted by Crippen LogP contribution is -2.50. The first kappa shape index (κ1) is 27.4. The quantitative estimate of drug-likeness (QED) is 0.530. The molecular weight excluding hydrogens is 458 g/mol. The molecule has 2 aliphatic rings. The Balaban J connectivity index is 1.27. The predicted molar refractivity (Wildman–Crippen MR) is 150 cm³/mol. The van der Waals surface area contributed by atoms with Crippen molar-refractivity contribution in [3.63, 3.8) is 0 Å². The maximum atomic E-state index is 13.1. The zero-order chi connectivity index (χ0) is 26.4. The minimum Gasteiger partial charge on any atom is -0.353 e. The van der Waals surface area contributed by atoms with Gasteiger partial charge >= 0.3 is 0 Å². The second-order valence-corrected chi connectivity index (χ2v) is 12.2. The third-order valence-electron chi connectivity index (χ3n) is 8.49. The summed E-state index contributed by atoms with van der Waals surface area (Å²) in [5.74, 6) is 0.545. The van der Waals surface area contributed by atoms with E-state index < -0.39 is 0 Å². The molecule has 1 saturated heterocycles. The molecule has 5 nitrogen and oxygen atoms in total. The lowest BCUT2D eigenvalue weighted by atomic mass is 9.71. The van der Waals surface area contributed by atoms with Gasteiger partial charge in [-0.2, -0.15) is 0 Å². The van der Waals surface area contributed by atoms with Crippen LogP contribution in [0.1, 0.15) is 77.0 Å².